The van der Waals surface area contributed by atoms with Crippen LogP contribution >= 0.6 is 12.2 Å². The van der Waals surface area contributed by atoms with Crippen molar-refractivity contribution in [3.63, 3.8) is 0 Å². The monoisotopic (exact) mass is 446 g/mol. The molecule has 2 aromatic carbocycles. The molecule has 2 amide bonds. The molecule has 2 aromatic rings. The molecule has 2 aliphatic carbocycles. The van der Waals surface area contributed by atoms with Crippen molar-refractivity contribution >= 4 is 29.1 Å². The summed E-state index contributed by atoms with van der Waals surface area (Å²) in [7, 11) is 0. The molecule has 3 aliphatic rings. The van der Waals surface area contributed by atoms with Crippen molar-refractivity contribution < 1.29 is 9.59 Å². The first-order valence-corrected chi connectivity index (χ1v) is 12.3. The smallest absolute Gasteiger partial charge is 0.228 e. The zero-order valence-electron chi connectivity index (χ0n) is 18.5. The number of amides is 2. The highest BCUT2D eigenvalue weighted by Gasteiger charge is 2.34. The van der Waals surface area contributed by atoms with Gasteiger partial charge in [0.25, 0.3) is 0 Å². The van der Waals surface area contributed by atoms with E-state index in [9.17, 15) is 9.59 Å². The molecule has 0 atom stereocenters. The Labute approximate surface area is 195 Å². The van der Waals surface area contributed by atoms with Crippen LogP contribution in [0.4, 0.5) is 0 Å². The van der Waals surface area contributed by atoms with Crippen LogP contribution in [-0.2, 0) is 35.3 Å². The van der Waals surface area contributed by atoms with Crippen LogP contribution in [0.3, 0.4) is 0 Å². The number of carbonyl (C=O) groups excluding carboxylic acids is 2. The Kier molecular flexibility index (Phi) is 6.09. The number of rotatable bonds is 6. The van der Waals surface area contributed by atoms with Crippen molar-refractivity contribution in [3.8, 4) is 0 Å². The van der Waals surface area contributed by atoms with Gasteiger partial charge >= 0.3 is 0 Å². The highest BCUT2D eigenvalue weighted by molar-refractivity contribution is 7.80. The van der Waals surface area contributed by atoms with Gasteiger partial charge in [-0.2, -0.15) is 0 Å². The summed E-state index contributed by atoms with van der Waals surface area (Å²) in [5.74, 6) is 1.18. The van der Waals surface area contributed by atoms with Gasteiger partial charge in [-0.3, -0.25) is 19.4 Å². The molecule has 1 saturated heterocycles. The van der Waals surface area contributed by atoms with Crippen molar-refractivity contribution in [2.45, 2.75) is 51.4 Å². The average Bonchev–Trinajstić information content (AvgIpc) is 3.51. The van der Waals surface area contributed by atoms with E-state index in [1.54, 1.807) is 9.80 Å². The van der Waals surface area contributed by atoms with E-state index in [-0.39, 0.29) is 11.8 Å². The van der Waals surface area contributed by atoms with Gasteiger partial charge in [-0.05, 0) is 84.8 Å². The Morgan fingerprint density at radius 1 is 0.688 bits per heavy atom. The first-order chi connectivity index (χ1) is 15.6. The first-order valence-electron chi connectivity index (χ1n) is 11.9. The number of hydrogen-bond donors (Lipinski definition) is 0. The maximum Gasteiger partial charge on any atom is 0.228 e. The predicted molar refractivity (Wildman–Crippen MR) is 129 cm³/mol. The van der Waals surface area contributed by atoms with Crippen LogP contribution in [0.15, 0.2) is 48.5 Å². The fourth-order valence-electron chi connectivity index (χ4n) is 5.63. The maximum atomic E-state index is 12.8. The molecule has 4 nitrogen and oxygen atoms in total. The van der Waals surface area contributed by atoms with E-state index in [4.69, 9.17) is 12.2 Å². The Hall–Kier alpha value is -2.53. The van der Waals surface area contributed by atoms with Crippen LogP contribution < -0.4 is 0 Å². The Morgan fingerprint density at radius 3 is 1.38 bits per heavy atom. The van der Waals surface area contributed by atoms with Gasteiger partial charge in [0, 0.05) is 25.9 Å². The molecule has 0 N–H and O–H groups in total. The molecule has 0 radical (unpaired) electrons. The molecule has 0 spiro atoms. The minimum absolute atomic E-state index is 0.0625. The van der Waals surface area contributed by atoms with E-state index in [0.717, 1.165) is 38.5 Å². The molecule has 0 saturated carbocycles. The summed E-state index contributed by atoms with van der Waals surface area (Å²) in [6.07, 6.45) is 6.99. The number of nitrogens with zero attached hydrogens (tertiary/aromatic N) is 2. The fraction of sp³-hybridized carbons (Fsp3) is 0.444. The van der Waals surface area contributed by atoms with Gasteiger partial charge in [-0.1, -0.05) is 48.5 Å². The summed E-state index contributed by atoms with van der Waals surface area (Å²) in [6.45, 7) is 1.06. The van der Waals surface area contributed by atoms with Crippen molar-refractivity contribution in [1.82, 2.24) is 9.80 Å². The minimum Gasteiger partial charge on any atom is -0.287 e. The van der Waals surface area contributed by atoms with E-state index in [1.807, 2.05) is 0 Å². The maximum absolute atomic E-state index is 12.8. The van der Waals surface area contributed by atoms with Crippen molar-refractivity contribution in [2.24, 2.45) is 11.8 Å². The second-order valence-corrected chi connectivity index (χ2v) is 9.90. The van der Waals surface area contributed by atoms with Crippen molar-refractivity contribution in [2.75, 3.05) is 13.1 Å². The van der Waals surface area contributed by atoms with Crippen LogP contribution in [-0.4, -0.2) is 39.8 Å². The van der Waals surface area contributed by atoms with Gasteiger partial charge in [-0.15, -0.1) is 0 Å². The third-order valence-corrected chi connectivity index (χ3v) is 7.86. The normalized spacial score (nSPS) is 18.3. The van der Waals surface area contributed by atoms with Gasteiger partial charge < -0.3 is 0 Å². The lowest BCUT2D eigenvalue weighted by atomic mass is 10.00. The van der Waals surface area contributed by atoms with E-state index in [0.29, 0.717) is 42.9 Å². The molecule has 0 aromatic heterocycles. The van der Waals surface area contributed by atoms with E-state index in [2.05, 4.69) is 48.5 Å². The predicted octanol–water partition coefficient (Wildman–Crippen LogP) is 4.33. The number of fused-ring (bicyclic) bond motifs is 2. The highest BCUT2D eigenvalue weighted by Crippen LogP contribution is 2.31. The van der Waals surface area contributed by atoms with Gasteiger partial charge in [0.1, 0.15) is 0 Å². The quantitative estimate of drug-likeness (QED) is 0.620. The lowest BCUT2D eigenvalue weighted by molar-refractivity contribution is -0.127. The van der Waals surface area contributed by atoms with Crippen LogP contribution in [0.5, 0.6) is 0 Å². The van der Waals surface area contributed by atoms with Gasteiger partial charge in [-0.25, -0.2) is 0 Å². The van der Waals surface area contributed by atoms with Crippen molar-refractivity contribution in [1.29, 1.82) is 0 Å². The summed E-state index contributed by atoms with van der Waals surface area (Å²) in [5, 5.41) is 0.407. The van der Waals surface area contributed by atoms with E-state index < -0.39 is 0 Å². The summed E-state index contributed by atoms with van der Waals surface area (Å²) in [5.41, 5.74) is 5.68. The van der Waals surface area contributed by atoms with Crippen LogP contribution in [0, 0.1) is 11.8 Å². The molecule has 166 valence electrons. The Morgan fingerprint density at radius 2 is 1.03 bits per heavy atom. The zero-order valence-corrected chi connectivity index (χ0v) is 19.3. The molecule has 0 bridgehead atoms. The molecule has 1 heterocycles. The van der Waals surface area contributed by atoms with Crippen LogP contribution in [0.1, 0.15) is 47.9 Å². The fourth-order valence-corrected chi connectivity index (χ4v) is 6.02. The number of hydrogen-bond acceptors (Lipinski definition) is 3. The third kappa shape index (κ3) is 4.36. The summed E-state index contributed by atoms with van der Waals surface area (Å²) in [6, 6.07) is 17.1. The minimum atomic E-state index is 0.0625. The zero-order chi connectivity index (χ0) is 22.1. The van der Waals surface area contributed by atoms with Gasteiger partial charge in [0.05, 0.1) is 0 Å². The topological polar surface area (TPSA) is 40.6 Å². The van der Waals surface area contributed by atoms with Gasteiger partial charge in [0.15, 0.2) is 5.11 Å². The second-order valence-electron chi connectivity index (χ2n) is 9.54. The summed E-state index contributed by atoms with van der Waals surface area (Å²) < 4.78 is 0. The van der Waals surface area contributed by atoms with E-state index >= 15 is 0 Å². The lowest BCUT2D eigenvalue weighted by Gasteiger charge is -2.20. The largest absolute Gasteiger partial charge is 0.287 e. The molecule has 32 heavy (non-hydrogen) atoms. The highest BCUT2D eigenvalue weighted by atomic mass is 32.1. The molecule has 5 heteroatoms. The Balaban J connectivity index is 1.07. The molecule has 1 fully saturated rings. The summed E-state index contributed by atoms with van der Waals surface area (Å²) in [4.78, 5) is 29.0. The summed E-state index contributed by atoms with van der Waals surface area (Å²) >= 11 is 5.54. The van der Waals surface area contributed by atoms with Crippen LogP contribution in [0.2, 0.25) is 0 Å². The third-order valence-electron chi connectivity index (χ3n) is 7.42. The molecule has 0 unspecified atom stereocenters. The average molecular weight is 447 g/mol. The second kappa shape index (κ2) is 9.14. The molecular formula is C27H30N2O2S. The van der Waals surface area contributed by atoms with Crippen LogP contribution in [0.25, 0.3) is 0 Å². The van der Waals surface area contributed by atoms with E-state index in [1.165, 1.54) is 22.3 Å². The van der Waals surface area contributed by atoms with Gasteiger partial charge in [0.2, 0.25) is 11.8 Å². The standard InChI is InChI=1S/C27H30N2O2S/c30-25(11-9-19-15-21-5-1-2-6-22(21)16-19)28-13-14-29(27(28)32)26(31)12-10-20-17-23-7-3-4-8-24(23)18-20/h1-8,19-20H,9-18H2. The number of carbonyl (C=O) groups is 2. The number of thiocarbonyl (C=S) groups is 1. The Bertz CT molecular complexity index is 918. The number of benzene rings is 2. The van der Waals surface area contributed by atoms with Crippen molar-refractivity contribution in [3.05, 3.63) is 70.8 Å². The lowest BCUT2D eigenvalue weighted by Crippen LogP contribution is -2.39. The first kappa shape index (κ1) is 21.3. The molecule has 5 rings (SSSR count). The molecular weight excluding hydrogens is 416 g/mol. The SMILES string of the molecule is O=C(CCC1Cc2ccccc2C1)N1CCN(C(=O)CCC2Cc3ccccc3C2)C1=S. The molecule has 1 aliphatic heterocycles.